The van der Waals surface area contributed by atoms with Crippen LogP contribution in [0.25, 0.3) is 0 Å². The van der Waals surface area contributed by atoms with Crippen LogP contribution < -0.4 is 9.47 Å². The average molecular weight is 366 g/mol. The molecule has 4 heteroatoms. The Bertz CT molecular complexity index is 632. The number of aryl methyl sites for hydroxylation is 3. The van der Waals surface area contributed by atoms with Gasteiger partial charge in [0.2, 0.25) is 0 Å². The molecule has 0 fully saturated rings. The van der Waals surface area contributed by atoms with E-state index in [0.717, 1.165) is 22.4 Å². The predicted molar refractivity (Wildman–Crippen MR) is 105 cm³/mol. The summed E-state index contributed by atoms with van der Waals surface area (Å²) in [5.74, 6) is 0.878. The standard InChI is InChI=1S/C18H20F2O2.2C2H6/c1-12-9-15(19)5-6-17(12)21-7-4-8-22-18-13(2)10-16(20)11-14(18)3;2*1-2/h5-6,9-11H,4,7-8H2,1-3H3;2*1-2H3. The van der Waals surface area contributed by atoms with Crippen LogP contribution in [0, 0.1) is 32.4 Å². The minimum atomic E-state index is -0.268. The molecule has 146 valence electrons. The third-order valence-electron chi connectivity index (χ3n) is 3.35. The van der Waals surface area contributed by atoms with E-state index in [1.807, 2.05) is 41.5 Å². The third-order valence-corrected chi connectivity index (χ3v) is 3.35. The Kier molecular flexibility index (Phi) is 12.1. The minimum absolute atomic E-state index is 0.252. The fraction of sp³-hybridized carbons (Fsp3) is 0.455. The van der Waals surface area contributed by atoms with E-state index >= 15 is 0 Å². The Hall–Kier alpha value is -2.10. The molecule has 0 bridgehead atoms. The monoisotopic (exact) mass is 366 g/mol. The first-order valence-electron chi connectivity index (χ1n) is 9.26. The molecule has 0 saturated carbocycles. The van der Waals surface area contributed by atoms with Crippen LogP contribution in [-0.2, 0) is 0 Å². The van der Waals surface area contributed by atoms with E-state index in [0.29, 0.717) is 25.4 Å². The van der Waals surface area contributed by atoms with Crippen molar-refractivity contribution in [1.82, 2.24) is 0 Å². The second kappa shape index (κ2) is 13.2. The summed E-state index contributed by atoms with van der Waals surface area (Å²) in [6.45, 7) is 14.4. The van der Waals surface area contributed by atoms with E-state index in [2.05, 4.69) is 0 Å². The zero-order valence-electron chi connectivity index (χ0n) is 17.1. The molecule has 0 radical (unpaired) electrons. The summed E-state index contributed by atoms with van der Waals surface area (Å²) in [5.41, 5.74) is 2.34. The summed E-state index contributed by atoms with van der Waals surface area (Å²) < 4.78 is 37.5. The molecular weight excluding hydrogens is 334 g/mol. The molecule has 2 nitrogen and oxygen atoms in total. The number of rotatable bonds is 6. The quantitative estimate of drug-likeness (QED) is 0.524. The second-order valence-electron chi connectivity index (χ2n) is 5.33. The van der Waals surface area contributed by atoms with Crippen LogP contribution in [0.5, 0.6) is 11.5 Å². The second-order valence-corrected chi connectivity index (χ2v) is 5.33. The molecule has 0 aliphatic heterocycles. The van der Waals surface area contributed by atoms with Gasteiger partial charge in [-0.05, 0) is 67.8 Å². The summed E-state index contributed by atoms with van der Waals surface area (Å²) in [6.07, 6.45) is 0.688. The molecule has 2 aromatic carbocycles. The van der Waals surface area contributed by atoms with Crippen LogP contribution >= 0.6 is 0 Å². The molecule has 0 saturated heterocycles. The van der Waals surface area contributed by atoms with E-state index < -0.39 is 0 Å². The first kappa shape index (κ1) is 23.9. The topological polar surface area (TPSA) is 18.5 Å². The van der Waals surface area contributed by atoms with Gasteiger partial charge in [0, 0.05) is 6.42 Å². The number of halogens is 2. The largest absolute Gasteiger partial charge is 0.493 e. The van der Waals surface area contributed by atoms with E-state index in [-0.39, 0.29) is 11.6 Å². The van der Waals surface area contributed by atoms with Crippen molar-refractivity contribution in [3.05, 3.63) is 58.7 Å². The molecule has 2 rings (SSSR count). The number of hydrogen-bond acceptors (Lipinski definition) is 2. The Labute approximate surface area is 157 Å². The van der Waals surface area contributed by atoms with Gasteiger partial charge >= 0.3 is 0 Å². The van der Waals surface area contributed by atoms with Crippen molar-refractivity contribution in [2.75, 3.05) is 13.2 Å². The molecule has 0 spiro atoms. The lowest BCUT2D eigenvalue weighted by Gasteiger charge is -2.13. The lowest BCUT2D eigenvalue weighted by atomic mass is 10.1. The zero-order chi connectivity index (χ0) is 20.1. The van der Waals surface area contributed by atoms with Crippen molar-refractivity contribution in [3.63, 3.8) is 0 Å². The Morgan fingerprint density at radius 2 is 1.19 bits per heavy atom. The highest BCUT2D eigenvalue weighted by Gasteiger charge is 2.06. The lowest BCUT2D eigenvalue weighted by molar-refractivity contribution is 0.244. The third kappa shape index (κ3) is 7.85. The van der Waals surface area contributed by atoms with E-state index in [4.69, 9.17) is 9.47 Å². The molecule has 0 aliphatic carbocycles. The van der Waals surface area contributed by atoms with Gasteiger partial charge in [0.05, 0.1) is 13.2 Å². The zero-order valence-corrected chi connectivity index (χ0v) is 17.1. The van der Waals surface area contributed by atoms with E-state index in [1.165, 1.54) is 24.3 Å². The molecule has 0 unspecified atom stereocenters. The maximum atomic E-state index is 13.2. The molecule has 0 heterocycles. The van der Waals surface area contributed by atoms with Gasteiger partial charge in [-0.3, -0.25) is 0 Å². The van der Waals surface area contributed by atoms with Gasteiger partial charge in [-0.15, -0.1) is 0 Å². The summed E-state index contributed by atoms with van der Waals surface area (Å²) in [5, 5.41) is 0. The number of hydrogen-bond donors (Lipinski definition) is 0. The first-order valence-corrected chi connectivity index (χ1v) is 9.26. The van der Waals surface area contributed by atoms with Crippen molar-refractivity contribution in [2.24, 2.45) is 0 Å². The molecule has 0 aromatic heterocycles. The van der Waals surface area contributed by atoms with Crippen molar-refractivity contribution in [2.45, 2.75) is 54.9 Å². The van der Waals surface area contributed by atoms with Crippen LogP contribution in [0.15, 0.2) is 30.3 Å². The maximum Gasteiger partial charge on any atom is 0.125 e. The fourth-order valence-electron chi connectivity index (χ4n) is 2.32. The van der Waals surface area contributed by atoms with Gasteiger partial charge in [-0.1, -0.05) is 27.7 Å². The molecule has 0 amide bonds. The molecule has 0 N–H and O–H groups in total. The number of benzene rings is 2. The average Bonchev–Trinajstić information content (AvgIpc) is 2.61. The highest BCUT2D eigenvalue weighted by Crippen LogP contribution is 2.24. The summed E-state index contributed by atoms with van der Waals surface area (Å²) in [6, 6.07) is 7.36. The first-order chi connectivity index (χ1) is 12.5. The van der Waals surface area contributed by atoms with Gasteiger partial charge < -0.3 is 9.47 Å². The smallest absolute Gasteiger partial charge is 0.125 e. The highest BCUT2D eigenvalue weighted by molar-refractivity contribution is 5.40. The van der Waals surface area contributed by atoms with Crippen molar-refractivity contribution >= 4 is 0 Å². The van der Waals surface area contributed by atoms with Crippen LogP contribution in [-0.4, -0.2) is 13.2 Å². The Morgan fingerprint density at radius 3 is 1.73 bits per heavy atom. The van der Waals surface area contributed by atoms with Gasteiger partial charge in [-0.2, -0.15) is 0 Å². The van der Waals surface area contributed by atoms with Gasteiger partial charge in [0.15, 0.2) is 0 Å². The fourth-order valence-corrected chi connectivity index (χ4v) is 2.32. The van der Waals surface area contributed by atoms with Crippen molar-refractivity contribution < 1.29 is 18.3 Å². The van der Waals surface area contributed by atoms with Gasteiger partial charge in [0.1, 0.15) is 23.1 Å². The number of ether oxygens (including phenoxy) is 2. The van der Waals surface area contributed by atoms with Crippen molar-refractivity contribution in [1.29, 1.82) is 0 Å². The molecule has 0 aliphatic rings. The molecular formula is C22H32F2O2. The van der Waals surface area contributed by atoms with Crippen LogP contribution in [0.3, 0.4) is 0 Å². The van der Waals surface area contributed by atoms with Crippen molar-refractivity contribution in [3.8, 4) is 11.5 Å². The maximum absolute atomic E-state index is 13.2. The van der Waals surface area contributed by atoms with E-state index in [9.17, 15) is 8.78 Å². The summed E-state index contributed by atoms with van der Waals surface area (Å²) in [4.78, 5) is 0. The molecule has 0 atom stereocenters. The Balaban J connectivity index is 0.00000146. The highest BCUT2D eigenvalue weighted by atomic mass is 19.1. The molecule has 2 aromatic rings. The molecule has 26 heavy (non-hydrogen) atoms. The van der Waals surface area contributed by atoms with Crippen LogP contribution in [0.1, 0.15) is 50.8 Å². The van der Waals surface area contributed by atoms with Gasteiger partial charge in [0.25, 0.3) is 0 Å². The minimum Gasteiger partial charge on any atom is -0.493 e. The Morgan fingerprint density at radius 1 is 0.692 bits per heavy atom. The normalized spacial score (nSPS) is 9.42. The summed E-state index contributed by atoms with van der Waals surface area (Å²) >= 11 is 0. The van der Waals surface area contributed by atoms with Crippen LogP contribution in [0.2, 0.25) is 0 Å². The van der Waals surface area contributed by atoms with Gasteiger partial charge in [-0.25, -0.2) is 8.78 Å². The van der Waals surface area contributed by atoms with E-state index in [1.54, 1.807) is 13.0 Å². The summed E-state index contributed by atoms with van der Waals surface area (Å²) in [7, 11) is 0. The lowest BCUT2D eigenvalue weighted by Crippen LogP contribution is -2.07. The predicted octanol–water partition coefficient (Wildman–Crippen LogP) is 6.79. The SMILES string of the molecule is CC.CC.Cc1cc(F)ccc1OCCCOc1c(C)cc(F)cc1C. The van der Waals surface area contributed by atoms with Crippen LogP contribution in [0.4, 0.5) is 8.78 Å².